The fourth-order valence-corrected chi connectivity index (χ4v) is 4.23. The predicted molar refractivity (Wildman–Crippen MR) is 112 cm³/mol. The molecular weight excluding hydrogens is 398 g/mol. The Morgan fingerprint density at radius 3 is 2.90 bits per heavy atom. The predicted octanol–water partition coefficient (Wildman–Crippen LogP) is 2.83. The smallest absolute Gasteiger partial charge is 0.419 e. The van der Waals surface area contributed by atoms with Crippen LogP contribution in [0.25, 0.3) is 22.5 Å². The molecule has 160 valence electrons. The Morgan fingerprint density at radius 2 is 2.10 bits per heavy atom. The van der Waals surface area contributed by atoms with Crippen LogP contribution in [0, 0.1) is 0 Å². The van der Waals surface area contributed by atoms with E-state index in [9.17, 15) is 9.59 Å². The Hall–Kier alpha value is -3.62. The fourth-order valence-electron chi connectivity index (χ4n) is 4.23. The van der Waals surface area contributed by atoms with Gasteiger partial charge in [0.15, 0.2) is 12.0 Å². The van der Waals surface area contributed by atoms with Crippen LogP contribution >= 0.6 is 0 Å². The van der Waals surface area contributed by atoms with Gasteiger partial charge < -0.3 is 13.7 Å². The van der Waals surface area contributed by atoms with E-state index in [0.717, 1.165) is 36.3 Å². The summed E-state index contributed by atoms with van der Waals surface area (Å²) in [6.07, 6.45) is 4.90. The topological polar surface area (TPSA) is 99.3 Å². The zero-order valence-corrected chi connectivity index (χ0v) is 17.3. The Kier molecular flexibility index (Phi) is 4.93. The Labute approximate surface area is 177 Å². The fraction of sp³-hybridized carbons (Fsp3) is 0.364. The van der Waals surface area contributed by atoms with Gasteiger partial charge in [0.2, 0.25) is 5.91 Å². The summed E-state index contributed by atoms with van der Waals surface area (Å²) in [4.78, 5) is 31.3. The van der Waals surface area contributed by atoms with Crippen LogP contribution in [0.3, 0.4) is 0 Å². The third-order valence-electron chi connectivity index (χ3n) is 5.72. The second-order valence-corrected chi connectivity index (χ2v) is 7.67. The van der Waals surface area contributed by atoms with Gasteiger partial charge in [-0.3, -0.25) is 14.0 Å². The lowest BCUT2D eigenvalue weighted by Gasteiger charge is -2.28. The van der Waals surface area contributed by atoms with Crippen molar-refractivity contribution in [1.82, 2.24) is 24.2 Å². The number of carbonyl (C=O) groups is 1. The van der Waals surface area contributed by atoms with E-state index < -0.39 is 5.76 Å². The van der Waals surface area contributed by atoms with Gasteiger partial charge in [0.25, 0.3) is 0 Å². The van der Waals surface area contributed by atoms with Gasteiger partial charge in [-0.25, -0.2) is 9.78 Å². The minimum absolute atomic E-state index is 0.00262. The maximum Gasteiger partial charge on any atom is 0.419 e. The highest BCUT2D eigenvalue weighted by Crippen LogP contribution is 2.29. The van der Waals surface area contributed by atoms with Gasteiger partial charge in [-0.2, -0.15) is 5.10 Å². The molecule has 0 spiro atoms. The van der Waals surface area contributed by atoms with Crippen LogP contribution < -0.4 is 5.76 Å². The molecule has 0 unspecified atom stereocenters. The monoisotopic (exact) mass is 421 g/mol. The molecule has 0 atom stereocenters. The minimum Gasteiger partial charge on any atom is -0.451 e. The molecule has 4 heterocycles. The van der Waals surface area contributed by atoms with Gasteiger partial charge >= 0.3 is 5.76 Å². The lowest BCUT2D eigenvalue weighted by Crippen LogP contribution is -2.37. The number of nitrogens with zero attached hydrogens (tertiary/aromatic N) is 5. The van der Waals surface area contributed by atoms with E-state index in [1.807, 2.05) is 27.8 Å². The van der Waals surface area contributed by atoms with E-state index in [1.54, 1.807) is 12.3 Å². The molecule has 0 bridgehead atoms. The molecule has 5 rings (SSSR count). The molecule has 31 heavy (non-hydrogen) atoms. The van der Waals surface area contributed by atoms with Crippen LogP contribution in [0.4, 0.5) is 0 Å². The SMILES string of the molecule is CCCn1nc(-c2cocn2)c2c1CCN(C(=O)CCn1c(=O)oc3ccccc31)C2. The standard InChI is InChI=1S/C22H23N5O4/c1-2-9-27-17-7-10-25(12-15(17)21(24-27)16-13-30-14-23-16)20(28)8-11-26-18-5-3-4-6-19(18)31-22(26)29/h3-6,13-14H,2,7-12H2,1H3. The molecule has 0 aliphatic carbocycles. The van der Waals surface area contributed by atoms with Crippen LogP contribution in [0.2, 0.25) is 0 Å². The zero-order valence-electron chi connectivity index (χ0n) is 17.3. The molecule has 4 aromatic rings. The second kappa shape index (κ2) is 7.90. The summed E-state index contributed by atoms with van der Waals surface area (Å²) in [5.74, 6) is -0.443. The number of oxazole rings is 2. The Bertz CT molecular complexity index is 1280. The molecule has 9 nitrogen and oxygen atoms in total. The maximum absolute atomic E-state index is 13.0. The second-order valence-electron chi connectivity index (χ2n) is 7.67. The number of carbonyl (C=O) groups excluding carboxylic acids is 1. The Balaban J connectivity index is 1.36. The molecule has 0 N–H and O–H groups in total. The van der Waals surface area contributed by atoms with Gasteiger partial charge in [0, 0.05) is 50.3 Å². The molecule has 0 saturated heterocycles. The average molecular weight is 421 g/mol. The third-order valence-corrected chi connectivity index (χ3v) is 5.72. The van der Waals surface area contributed by atoms with Crippen molar-refractivity contribution in [1.29, 1.82) is 0 Å². The first kappa shape index (κ1) is 19.3. The minimum atomic E-state index is -0.441. The van der Waals surface area contributed by atoms with Crippen molar-refractivity contribution in [3.63, 3.8) is 0 Å². The number of aromatic nitrogens is 4. The highest BCUT2D eigenvalue weighted by molar-refractivity contribution is 5.78. The van der Waals surface area contributed by atoms with Crippen LogP contribution in [0.15, 0.2) is 50.6 Å². The van der Waals surface area contributed by atoms with E-state index >= 15 is 0 Å². The first-order valence-electron chi connectivity index (χ1n) is 10.5. The van der Waals surface area contributed by atoms with Crippen molar-refractivity contribution >= 4 is 17.0 Å². The van der Waals surface area contributed by atoms with Crippen LogP contribution in [0.5, 0.6) is 0 Å². The highest BCUT2D eigenvalue weighted by atomic mass is 16.4. The zero-order chi connectivity index (χ0) is 21.4. The molecule has 9 heteroatoms. The van der Waals surface area contributed by atoms with Crippen molar-refractivity contribution in [2.75, 3.05) is 6.54 Å². The van der Waals surface area contributed by atoms with Gasteiger partial charge in [-0.15, -0.1) is 0 Å². The van der Waals surface area contributed by atoms with E-state index in [4.69, 9.17) is 13.9 Å². The number of fused-ring (bicyclic) bond motifs is 2. The van der Waals surface area contributed by atoms with E-state index in [2.05, 4.69) is 11.9 Å². The number of aryl methyl sites for hydroxylation is 2. The van der Waals surface area contributed by atoms with E-state index in [1.165, 1.54) is 11.0 Å². The van der Waals surface area contributed by atoms with Gasteiger partial charge in [0.05, 0.1) is 5.52 Å². The van der Waals surface area contributed by atoms with Gasteiger partial charge in [0.1, 0.15) is 17.7 Å². The summed E-state index contributed by atoms with van der Waals surface area (Å²) in [5, 5.41) is 4.75. The van der Waals surface area contributed by atoms with Crippen LogP contribution in [-0.2, 0) is 30.8 Å². The normalized spacial score (nSPS) is 13.6. The lowest BCUT2D eigenvalue weighted by molar-refractivity contribution is -0.132. The molecule has 1 aromatic carbocycles. The molecule has 1 aliphatic heterocycles. The van der Waals surface area contributed by atoms with Gasteiger partial charge in [-0.05, 0) is 18.6 Å². The van der Waals surface area contributed by atoms with E-state index in [-0.39, 0.29) is 18.9 Å². The number of amides is 1. The summed E-state index contributed by atoms with van der Waals surface area (Å²) >= 11 is 0. The van der Waals surface area contributed by atoms with Gasteiger partial charge in [-0.1, -0.05) is 19.1 Å². The first-order valence-corrected chi connectivity index (χ1v) is 10.5. The lowest BCUT2D eigenvalue weighted by atomic mass is 10.0. The van der Waals surface area contributed by atoms with Crippen molar-refractivity contribution in [3.8, 4) is 11.4 Å². The summed E-state index contributed by atoms with van der Waals surface area (Å²) in [6, 6.07) is 7.24. The number of hydrogen-bond acceptors (Lipinski definition) is 6. The molecule has 0 saturated carbocycles. The molecule has 1 aliphatic rings. The summed E-state index contributed by atoms with van der Waals surface area (Å²) in [5.41, 5.74) is 4.86. The molecule has 1 amide bonds. The number of rotatable bonds is 6. The number of para-hydroxylation sites is 2. The maximum atomic E-state index is 13.0. The van der Waals surface area contributed by atoms with Crippen molar-refractivity contribution in [2.24, 2.45) is 0 Å². The van der Waals surface area contributed by atoms with Crippen molar-refractivity contribution in [2.45, 2.75) is 45.8 Å². The quantitative estimate of drug-likeness (QED) is 0.475. The number of benzene rings is 1. The van der Waals surface area contributed by atoms with Crippen molar-refractivity contribution < 1.29 is 13.6 Å². The third kappa shape index (κ3) is 3.45. The number of hydrogen-bond donors (Lipinski definition) is 0. The Morgan fingerprint density at radius 1 is 1.23 bits per heavy atom. The molecule has 0 radical (unpaired) electrons. The van der Waals surface area contributed by atoms with Crippen LogP contribution in [-0.4, -0.2) is 36.7 Å². The molecular formula is C22H23N5O4. The first-order chi connectivity index (χ1) is 15.2. The summed E-state index contributed by atoms with van der Waals surface area (Å²) < 4.78 is 14.0. The van der Waals surface area contributed by atoms with Crippen LogP contribution in [0.1, 0.15) is 31.0 Å². The largest absolute Gasteiger partial charge is 0.451 e. The van der Waals surface area contributed by atoms with E-state index in [0.29, 0.717) is 29.9 Å². The average Bonchev–Trinajstić information content (AvgIpc) is 3.49. The summed E-state index contributed by atoms with van der Waals surface area (Å²) in [7, 11) is 0. The van der Waals surface area contributed by atoms with Crippen molar-refractivity contribution in [3.05, 3.63) is 58.7 Å². The molecule has 3 aromatic heterocycles. The highest BCUT2D eigenvalue weighted by Gasteiger charge is 2.28. The summed E-state index contributed by atoms with van der Waals surface area (Å²) in [6.45, 7) is 4.32. The molecule has 0 fully saturated rings.